The molecule has 0 bridgehead atoms. The number of anilines is 2. The molecule has 1 amide bonds. The monoisotopic (exact) mass is 348 g/mol. The fourth-order valence-corrected chi connectivity index (χ4v) is 2.92. The minimum Gasteiger partial charge on any atom is -0.506 e. The smallest absolute Gasteiger partial charge is 0.252 e. The number of halogens is 1. The van der Waals surface area contributed by atoms with Crippen molar-refractivity contribution in [2.45, 2.75) is 12.8 Å². The fourth-order valence-electron chi connectivity index (χ4n) is 2.75. The fraction of sp³-hybridized carbons (Fsp3) is 0.312. The highest BCUT2D eigenvalue weighted by molar-refractivity contribution is 6.31. The van der Waals surface area contributed by atoms with E-state index in [0.717, 1.165) is 0 Å². The van der Waals surface area contributed by atoms with E-state index in [1.165, 1.54) is 24.5 Å². The molecule has 1 fully saturated rings. The molecule has 1 aromatic carbocycles. The number of piperidine rings is 1. The zero-order valence-corrected chi connectivity index (χ0v) is 13.6. The molecular weight excluding hydrogens is 332 g/mol. The van der Waals surface area contributed by atoms with Crippen LogP contribution in [-0.4, -0.2) is 34.1 Å². The Morgan fingerprint density at radius 3 is 2.79 bits per heavy atom. The van der Waals surface area contributed by atoms with E-state index in [4.69, 9.17) is 11.6 Å². The average molecular weight is 349 g/mol. The highest BCUT2D eigenvalue weighted by atomic mass is 35.5. The molecule has 1 saturated heterocycles. The van der Waals surface area contributed by atoms with Gasteiger partial charge in [-0.1, -0.05) is 11.6 Å². The summed E-state index contributed by atoms with van der Waals surface area (Å²) in [5.74, 6) is 0.288. The van der Waals surface area contributed by atoms with E-state index in [9.17, 15) is 14.7 Å². The van der Waals surface area contributed by atoms with Crippen molar-refractivity contribution in [3.8, 4) is 5.75 Å². The zero-order valence-electron chi connectivity index (χ0n) is 12.8. The molecule has 7 nitrogen and oxygen atoms in total. The molecule has 1 aliphatic heterocycles. The second-order valence-corrected chi connectivity index (χ2v) is 6.12. The summed E-state index contributed by atoms with van der Waals surface area (Å²) in [6.45, 7) is 1.27. The number of hydrogen-bond acceptors (Lipinski definition) is 5. The lowest BCUT2D eigenvalue weighted by atomic mass is 9.95. The largest absolute Gasteiger partial charge is 0.506 e. The van der Waals surface area contributed by atoms with Gasteiger partial charge >= 0.3 is 0 Å². The van der Waals surface area contributed by atoms with Gasteiger partial charge in [0.05, 0.1) is 12.0 Å². The summed E-state index contributed by atoms with van der Waals surface area (Å²) >= 11 is 5.88. The Labute approximate surface area is 143 Å². The highest BCUT2D eigenvalue weighted by Crippen LogP contribution is 2.28. The number of H-pyrrole nitrogens is 1. The minimum atomic E-state index is -0.198. The topological polar surface area (TPSA) is 98.3 Å². The molecule has 0 spiro atoms. The quantitative estimate of drug-likeness (QED) is 0.737. The molecule has 3 N–H and O–H groups in total. The summed E-state index contributed by atoms with van der Waals surface area (Å²) in [5, 5.41) is 12.9. The number of aromatic nitrogens is 2. The van der Waals surface area contributed by atoms with Gasteiger partial charge in [-0.25, -0.2) is 4.98 Å². The van der Waals surface area contributed by atoms with E-state index in [1.54, 1.807) is 6.07 Å². The molecule has 8 heteroatoms. The van der Waals surface area contributed by atoms with E-state index < -0.39 is 0 Å². The Morgan fingerprint density at radius 1 is 1.33 bits per heavy atom. The molecule has 0 saturated carbocycles. The molecule has 2 aromatic rings. The van der Waals surface area contributed by atoms with Crippen LogP contribution in [0.1, 0.15) is 12.8 Å². The van der Waals surface area contributed by atoms with Crippen LogP contribution in [0.4, 0.5) is 11.5 Å². The molecule has 3 rings (SSSR count). The van der Waals surface area contributed by atoms with Crippen LogP contribution in [0, 0.1) is 5.92 Å². The first-order valence-corrected chi connectivity index (χ1v) is 8.00. The zero-order chi connectivity index (χ0) is 17.1. The Balaban J connectivity index is 1.61. The second kappa shape index (κ2) is 6.92. The number of phenols is 1. The van der Waals surface area contributed by atoms with Crippen molar-refractivity contribution in [3.63, 3.8) is 0 Å². The lowest BCUT2D eigenvalue weighted by Gasteiger charge is -2.31. The van der Waals surface area contributed by atoms with Gasteiger partial charge in [0.1, 0.15) is 11.6 Å². The number of aromatic amines is 1. The van der Waals surface area contributed by atoms with Crippen LogP contribution in [0.25, 0.3) is 0 Å². The van der Waals surface area contributed by atoms with Crippen molar-refractivity contribution in [1.82, 2.24) is 9.97 Å². The van der Waals surface area contributed by atoms with Crippen LogP contribution in [0.3, 0.4) is 0 Å². The number of nitrogens with zero attached hydrogens (tertiary/aromatic N) is 2. The maximum atomic E-state index is 12.4. The van der Waals surface area contributed by atoms with E-state index in [0.29, 0.717) is 42.5 Å². The number of rotatable bonds is 3. The number of hydrogen-bond donors (Lipinski definition) is 3. The maximum absolute atomic E-state index is 12.4. The third-order valence-corrected chi connectivity index (χ3v) is 4.31. The first kappa shape index (κ1) is 16.3. The SMILES string of the molecule is O=C(Nc1cc(Cl)ccc1O)C1CCN(c2cc(=O)[nH]cn2)CC1. The van der Waals surface area contributed by atoms with Gasteiger partial charge in [-0.05, 0) is 31.0 Å². The van der Waals surface area contributed by atoms with Crippen LogP contribution >= 0.6 is 11.6 Å². The van der Waals surface area contributed by atoms with Gasteiger partial charge in [-0.2, -0.15) is 0 Å². The normalized spacial score (nSPS) is 15.3. The van der Waals surface area contributed by atoms with Crippen molar-refractivity contribution in [1.29, 1.82) is 0 Å². The number of amides is 1. The average Bonchev–Trinajstić information content (AvgIpc) is 2.58. The molecule has 1 aliphatic rings. The molecule has 0 unspecified atom stereocenters. The number of carbonyl (C=O) groups is 1. The molecule has 1 aromatic heterocycles. The van der Waals surface area contributed by atoms with Crippen molar-refractivity contribution in [2.24, 2.45) is 5.92 Å². The Bertz CT molecular complexity index is 800. The number of nitrogens with one attached hydrogen (secondary N) is 2. The van der Waals surface area contributed by atoms with Gasteiger partial charge in [0.25, 0.3) is 5.56 Å². The number of phenolic OH excluding ortho intramolecular Hbond substituents is 1. The summed E-state index contributed by atoms with van der Waals surface area (Å²) in [5.41, 5.74) is 0.113. The van der Waals surface area contributed by atoms with Crippen molar-refractivity contribution >= 4 is 29.0 Å². The number of carbonyl (C=O) groups excluding carboxylic acids is 1. The molecule has 0 radical (unpaired) electrons. The van der Waals surface area contributed by atoms with E-state index in [1.807, 2.05) is 4.90 Å². The Hall–Kier alpha value is -2.54. The van der Waals surface area contributed by atoms with E-state index in [2.05, 4.69) is 15.3 Å². The first-order valence-electron chi connectivity index (χ1n) is 7.62. The van der Waals surface area contributed by atoms with Crippen LogP contribution in [0.5, 0.6) is 5.75 Å². The van der Waals surface area contributed by atoms with Gasteiger partial charge in [-0.3, -0.25) is 9.59 Å². The second-order valence-electron chi connectivity index (χ2n) is 5.68. The standard InChI is InChI=1S/C16H17ClN4O3/c17-11-1-2-13(22)12(7-11)20-16(24)10-3-5-21(6-4-10)14-8-15(23)19-9-18-14/h1-2,7-10,22H,3-6H2,(H,20,24)(H,18,19,23). The van der Waals surface area contributed by atoms with Crippen molar-refractivity contribution in [2.75, 3.05) is 23.3 Å². The maximum Gasteiger partial charge on any atom is 0.252 e. The molecular formula is C16H17ClN4O3. The van der Waals surface area contributed by atoms with Gasteiger partial charge in [-0.15, -0.1) is 0 Å². The third-order valence-electron chi connectivity index (χ3n) is 4.07. The van der Waals surface area contributed by atoms with Gasteiger partial charge < -0.3 is 20.3 Å². The predicted molar refractivity (Wildman–Crippen MR) is 91.5 cm³/mol. The minimum absolute atomic E-state index is 0.0158. The van der Waals surface area contributed by atoms with E-state index in [-0.39, 0.29) is 23.1 Å². The molecule has 24 heavy (non-hydrogen) atoms. The van der Waals surface area contributed by atoms with Gasteiger partial charge in [0, 0.05) is 30.1 Å². The molecule has 0 atom stereocenters. The molecule has 0 aliphatic carbocycles. The number of aromatic hydroxyl groups is 1. The lowest BCUT2D eigenvalue weighted by molar-refractivity contribution is -0.120. The summed E-state index contributed by atoms with van der Waals surface area (Å²) in [6.07, 6.45) is 2.65. The van der Waals surface area contributed by atoms with Crippen molar-refractivity contribution < 1.29 is 9.90 Å². The van der Waals surface area contributed by atoms with Gasteiger partial charge in [0.15, 0.2) is 0 Å². The number of benzene rings is 1. The van der Waals surface area contributed by atoms with Crippen LogP contribution in [0.2, 0.25) is 5.02 Å². The summed E-state index contributed by atoms with van der Waals surface area (Å²) in [6, 6.07) is 5.97. The lowest BCUT2D eigenvalue weighted by Crippen LogP contribution is -2.39. The summed E-state index contributed by atoms with van der Waals surface area (Å²) in [4.78, 5) is 32.3. The molecule has 126 valence electrons. The van der Waals surface area contributed by atoms with E-state index >= 15 is 0 Å². The summed E-state index contributed by atoms with van der Waals surface area (Å²) < 4.78 is 0. The molecule has 2 heterocycles. The highest BCUT2D eigenvalue weighted by Gasteiger charge is 2.26. The van der Waals surface area contributed by atoms with Crippen LogP contribution in [0.15, 0.2) is 35.4 Å². The Kier molecular flexibility index (Phi) is 4.71. The summed E-state index contributed by atoms with van der Waals surface area (Å²) in [7, 11) is 0. The van der Waals surface area contributed by atoms with Crippen LogP contribution in [-0.2, 0) is 4.79 Å². The Morgan fingerprint density at radius 2 is 2.08 bits per heavy atom. The first-order chi connectivity index (χ1) is 11.5. The van der Waals surface area contributed by atoms with Gasteiger partial charge in [0.2, 0.25) is 5.91 Å². The predicted octanol–water partition coefficient (Wildman–Crippen LogP) is 1.98. The van der Waals surface area contributed by atoms with Crippen LogP contribution < -0.4 is 15.8 Å². The third kappa shape index (κ3) is 3.68. The van der Waals surface area contributed by atoms with Crippen molar-refractivity contribution in [3.05, 3.63) is 46.0 Å².